The van der Waals surface area contributed by atoms with E-state index in [9.17, 15) is 5.11 Å². The van der Waals surface area contributed by atoms with E-state index in [0.717, 1.165) is 36.5 Å². The van der Waals surface area contributed by atoms with Crippen LogP contribution in [0.2, 0.25) is 0 Å². The first kappa shape index (κ1) is 16.9. The molecule has 0 spiro atoms. The van der Waals surface area contributed by atoms with Gasteiger partial charge in [-0.1, -0.05) is 38.5 Å². The van der Waals surface area contributed by atoms with Crippen molar-refractivity contribution in [2.45, 2.75) is 78.2 Å². The lowest BCUT2D eigenvalue weighted by Crippen LogP contribution is -2.50. The molecule has 0 aliphatic heterocycles. The molecule has 0 amide bonds. The van der Waals surface area contributed by atoms with Gasteiger partial charge in [-0.15, -0.1) is 6.58 Å². The first-order valence-corrected chi connectivity index (χ1v) is 10.4. The zero-order valence-corrected chi connectivity index (χ0v) is 15.9. The second kappa shape index (κ2) is 5.73. The molecular weight excluding hydrogens is 292 g/mol. The molecule has 3 fully saturated rings. The van der Waals surface area contributed by atoms with Crippen LogP contribution in [-0.2, 0) is 0 Å². The van der Waals surface area contributed by atoms with Crippen LogP contribution in [0.4, 0.5) is 0 Å². The summed E-state index contributed by atoms with van der Waals surface area (Å²) in [5.41, 5.74) is 2.51. The molecule has 0 aromatic rings. The van der Waals surface area contributed by atoms with E-state index in [1.165, 1.54) is 38.5 Å². The zero-order valence-electron chi connectivity index (χ0n) is 15.9. The van der Waals surface area contributed by atoms with Crippen LogP contribution in [0.3, 0.4) is 0 Å². The number of rotatable bonds is 2. The van der Waals surface area contributed by atoms with E-state index in [1.807, 2.05) is 0 Å². The third kappa shape index (κ3) is 2.23. The number of aliphatic hydroxyl groups is 1. The molecule has 0 bridgehead atoms. The predicted octanol–water partition coefficient (Wildman–Crippen LogP) is 5.75. The maximum atomic E-state index is 10.1. The molecule has 1 nitrogen and oxygen atoms in total. The van der Waals surface area contributed by atoms with Gasteiger partial charge in [0.2, 0.25) is 0 Å². The van der Waals surface area contributed by atoms with E-state index >= 15 is 0 Å². The van der Waals surface area contributed by atoms with Crippen LogP contribution >= 0.6 is 0 Å². The van der Waals surface area contributed by atoms with Crippen molar-refractivity contribution in [1.82, 2.24) is 0 Å². The van der Waals surface area contributed by atoms with Gasteiger partial charge in [0.15, 0.2) is 0 Å². The Morgan fingerprint density at radius 1 is 1.17 bits per heavy atom. The Bertz CT molecular complexity index is 548. The number of hydrogen-bond acceptors (Lipinski definition) is 1. The molecule has 8 unspecified atom stereocenters. The Balaban J connectivity index is 1.64. The highest BCUT2D eigenvalue weighted by Crippen LogP contribution is 2.67. The highest BCUT2D eigenvalue weighted by Gasteiger charge is 2.58. The minimum absolute atomic E-state index is 0.0842. The maximum absolute atomic E-state index is 10.1. The fraction of sp³-hybridized carbons (Fsp3) is 0.826. The van der Waals surface area contributed by atoms with Gasteiger partial charge in [-0.05, 0) is 91.8 Å². The molecule has 24 heavy (non-hydrogen) atoms. The number of hydrogen-bond donors (Lipinski definition) is 1. The van der Waals surface area contributed by atoms with Crippen molar-refractivity contribution in [3.63, 3.8) is 0 Å². The molecule has 134 valence electrons. The van der Waals surface area contributed by atoms with E-state index < -0.39 is 0 Å². The van der Waals surface area contributed by atoms with Crippen molar-refractivity contribution in [2.24, 2.45) is 40.4 Å². The Labute approximate surface area is 148 Å². The molecule has 0 radical (unpaired) electrons. The molecule has 1 heteroatoms. The number of fused-ring (bicyclic) bond motifs is 5. The third-order valence-electron chi connectivity index (χ3n) is 9.16. The van der Waals surface area contributed by atoms with Crippen molar-refractivity contribution in [1.29, 1.82) is 0 Å². The lowest BCUT2D eigenvalue weighted by atomic mass is 9.47. The topological polar surface area (TPSA) is 20.2 Å². The summed E-state index contributed by atoms with van der Waals surface area (Å²) >= 11 is 0. The summed E-state index contributed by atoms with van der Waals surface area (Å²) in [5, 5.41) is 10.1. The summed E-state index contributed by atoms with van der Waals surface area (Å²) in [4.78, 5) is 0. The standard InChI is InChI=1S/C23H36O/c1-5-15(2)19-8-9-20-18-7-6-16-14-17(24)10-12-22(16,3)21(18)11-13-23(19,20)4/h5-6,15,17-21,24H,1,7-14H2,2-4H3. The zero-order chi connectivity index (χ0) is 17.1. The van der Waals surface area contributed by atoms with Gasteiger partial charge in [0.1, 0.15) is 0 Å². The van der Waals surface area contributed by atoms with Crippen LogP contribution in [0.1, 0.15) is 72.1 Å². The average Bonchev–Trinajstić information content (AvgIpc) is 2.92. The molecule has 1 N–H and O–H groups in total. The van der Waals surface area contributed by atoms with E-state index in [0.29, 0.717) is 16.7 Å². The third-order valence-corrected chi connectivity index (χ3v) is 9.16. The number of allylic oxidation sites excluding steroid dienone is 2. The summed E-state index contributed by atoms with van der Waals surface area (Å²) in [5.74, 6) is 4.15. The summed E-state index contributed by atoms with van der Waals surface area (Å²) in [6.07, 6.45) is 14.8. The monoisotopic (exact) mass is 328 g/mol. The molecule has 4 aliphatic carbocycles. The van der Waals surface area contributed by atoms with Gasteiger partial charge >= 0.3 is 0 Å². The highest BCUT2D eigenvalue weighted by atomic mass is 16.3. The van der Waals surface area contributed by atoms with Crippen LogP contribution < -0.4 is 0 Å². The largest absolute Gasteiger partial charge is 0.393 e. The lowest BCUT2D eigenvalue weighted by Gasteiger charge is -2.58. The minimum Gasteiger partial charge on any atom is -0.393 e. The fourth-order valence-corrected chi connectivity index (χ4v) is 7.71. The van der Waals surface area contributed by atoms with Crippen LogP contribution in [0.25, 0.3) is 0 Å². The molecule has 0 saturated heterocycles. The Kier molecular flexibility index (Phi) is 4.03. The van der Waals surface area contributed by atoms with E-state index in [4.69, 9.17) is 0 Å². The Hall–Kier alpha value is -0.560. The summed E-state index contributed by atoms with van der Waals surface area (Å²) in [7, 11) is 0. The second-order valence-electron chi connectivity index (χ2n) is 9.98. The van der Waals surface area contributed by atoms with Crippen LogP contribution in [0, 0.1) is 40.4 Å². The molecule has 0 heterocycles. The fourth-order valence-electron chi connectivity index (χ4n) is 7.71. The summed E-state index contributed by atoms with van der Waals surface area (Å²) < 4.78 is 0. The minimum atomic E-state index is -0.0842. The van der Waals surface area contributed by atoms with E-state index in [1.54, 1.807) is 5.57 Å². The molecule has 4 rings (SSSR count). The number of aliphatic hydroxyl groups excluding tert-OH is 1. The molecule has 0 aromatic carbocycles. The first-order chi connectivity index (χ1) is 11.4. The molecule has 8 atom stereocenters. The van der Waals surface area contributed by atoms with Crippen molar-refractivity contribution in [3.05, 3.63) is 24.3 Å². The summed E-state index contributed by atoms with van der Waals surface area (Å²) in [6.45, 7) is 11.6. The van der Waals surface area contributed by atoms with Crippen LogP contribution in [0.5, 0.6) is 0 Å². The molecule has 3 saturated carbocycles. The van der Waals surface area contributed by atoms with Crippen molar-refractivity contribution < 1.29 is 5.11 Å². The van der Waals surface area contributed by atoms with Gasteiger partial charge in [-0.25, -0.2) is 0 Å². The van der Waals surface area contributed by atoms with Crippen molar-refractivity contribution >= 4 is 0 Å². The summed E-state index contributed by atoms with van der Waals surface area (Å²) in [6, 6.07) is 0. The van der Waals surface area contributed by atoms with E-state index in [-0.39, 0.29) is 6.10 Å². The Morgan fingerprint density at radius 2 is 1.96 bits per heavy atom. The second-order valence-corrected chi connectivity index (χ2v) is 9.98. The Morgan fingerprint density at radius 3 is 2.71 bits per heavy atom. The van der Waals surface area contributed by atoms with Gasteiger partial charge in [0, 0.05) is 0 Å². The van der Waals surface area contributed by atoms with Crippen LogP contribution in [0.15, 0.2) is 24.3 Å². The molecular formula is C23H36O. The van der Waals surface area contributed by atoms with Gasteiger partial charge in [-0.2, -0.15) is 0 Å². The predicted molar refractivity (Wildman–Crippen MR) is 101 cm³/mol. The van der Waals surface area contributed by atoms with Crippen molar-refractivity contribution in [2.75, 3.05) is 0 Å². The quantitative estimate of drug-likeness (QED) is 0.640. The van der Waals surface area contributed by atoms with Gasteiger partial charge < -0.3 is 5.11 Å². The first-order valence-electron chi connectivity index (χ1n) is 10.4. The van der Waals surface area contributed by atoms with Gasteiger partial charge in [-0.3, -0.25) is 0 Å². The smallest absolute Gasteiger partial charge is 0.0577 e. The normalized spacial score (nSPS) is 51.8. The molecule has 4 aliphatic rings. The van der Waals surface area contributed by atoms with Crippen LogP contribution in [-0.4, -0.2) is 11.2 Å². The molecule has 0 aromatic heterocycles. The average molecular weight is 329 g/mol. The maximum Gasteiger partial charge on any atom is 0.0577 e. The lowest BCUT2D eigenvalue weighted by molar-refractivity contribution is -0.0540. The SMILES string of the molecule is C=CC(C)C1CCC2C3CC=C4CC(O)CCC4(C)C3CCC12C. The van der Waals surface area contributed by atoms with Gasteiger partial charge in [0.25, 0.3) is 0 Å². The van der Waals surface area contributed by atoms with Gasteiger partial charge in [0.05, 0.1) is 6.10 Å². The van der Waals surface area contributed by atoms with E-state index in [2.05, 4.69) is 39.5 Å². The highest BCUT2D eigenvalue weighted by molar-refractivity contribution is 5.25. The van der Waals surface area contributed by atoms with Crippen molar-refractivity contribution in [3.8, 4) is 0 Å².